The van der Waals surface area contributed by atoms with Crippen molar-refractivity contribution in [1.82, 2.24) is 14.8 Å². The van der Waals surface area contributed by atoms with Crippen molar-refractivity contribution in [3.63, 3.8) is 0 Å². The summed E-state index contributed by atoms with van der Waals surface area (Å²) in [7, 11) is 0. The van der Waals surface area contributed by atoms with Crippen LogP contribution in [0.15, 0.2) is 46.3 Å². The van der Waals surface area contributed by atoms with E-state index in [-0.39, 0.29) is 5.91 Å². The molecule has 5 nitrogen and oxygen atoms in total. The van der Waals surface area contributed by atoms with Gasteiger partial charge in [-0.3, -0.25) is 4.79 Å². The Hall–Kier alpha value is -2.47. The van der Waals surface area contributed by atoms with Gasteiger partial charge in [0.1, 0.15) is 11.5 Å². The van der Waals surface area contributed by atoms with Gasteiger partial charge in [-0.2, -0.15) is 0 Å². The fraction of sp³-hybridized carbons (Fsp3) is 0.500. The van der Waals surface area contributed by atoms with Crippen molar-refractivity contribution in [2.24, 2.45) is 0 Å². The zero-order valence-electron chi connectivity index (χ0n) is 19.2. The molecule has 0 bridgehead atoms. The van der Waals surface area contributed by atoms with Crippen molar-refractivity contribution in [2.45, 2.75) is 83.5 Å². The highest BCUT2D eigenvalue weighted by Crippen LogP contribution is 2.37. The van der Waals surface area contributed by atoms with E-state index in [9.17, 15) is 4.79 Å². The topological polar surface area (TPSA) is 50.4 Å². The van der Waals surface area contributed by atoms with Crippen LogP contribution < -0.4 is 5.32 Å². The number of amides is 1. The molecule has 1 amide bonds. The predicted molar refractivity (Wildman–Crippen MR) is 130 cm³/mol. The van der Waals surface area contributed by atoms with Crippen LogP contribution in [-0.2, 0) is 13.1 Å². The lowest BCUT2D eigenvalue weighted by molar-refractivity contribution is 0.0420. The quantitative estimate of drug-likeness (QED) is 0.500. The summed E-state index contributed by atoms with van der Waals surface area (Å²) in [6.45, 7) is 9.89. The maximum absolute atomic E-state index is 13.8. The van der Waals surface area contributed by atoms with Crippen molar-refractivity contribution in [1.29, 1.82) is 0 Å². The van der Waals surface area contributed by atoms with E-state index in [1.807, 2.05) is 30.0 Å². The summed E-state index contributed by atoms with van der Waals surface area (Å²) < 4.78 is 7.99. The third-order valence-electron chi connectivity index (χ3n) is 7.27. The molecule has 1 N–H and O–H groups in total. The third kappa shape index (κ3) is 3.79. The summed E-state index contributed by atoms with van der Waals surface area (Å²) in [6.07, 6.45) is 8.85. The molecule has 1 aliphatic carbocycles. The molecule has 6 heteroatoms. The third-order valence-corrected chi connectivity index (χ3v) is 8.13. The number of nitrogens with one attached hydrogen (secondary N) is 1. The SMILES string of the molecule is C=C(NC1CCCCCCC1)C1(C)Cn2c(cc3oc(C)cc32)C(=O)N1Cc1cccs1. The second-order valence-corrected chi connectivity index (χ2v) is 10.7. The zero-order chi connectivity index (χ0) is 22.3. The Morgan fingerprint density at radius 3 is 2.72 bits per heavy atom. The van der Waals surface area contributed by atoms with E-state index in [1.165, 1.54) is 49.8 Å². The number of aromatic nitrogens is 1. The van der Waals surface area contributed by atoms with Crippen LogP contribution >= 0.6 is 11.3 Å². The van der Waals surface area contributed by atoms with Gasteiger partial charge >= 0.3 is 0 Å². The Morgan fingerprint density at radius 1 is 1.25 bits per heavy atom. The van der Waals surface area contributed by atoms with Crippen LogP contribution in [-0.4, -0.2) is 27.0 Å². The van der Waals surface area contributed by atoms with Crippen LogP contribution in [0.5, 0.6) is 0 Å². The van der Waals surface area contributed by atoms with Gasteiger partial charge in [0.25, 0.3) is 5.91 Å². The summed E-state index contributed by atoms with van der Waals surface area (Å²) in [6, 6.07) is 8.52. The fourth-order valence-electron chi connectivity index (χ4n) is 5.33. The Balaban J connectivity index is 1.50. The second-order valence-electron chi connectivity index (χ2n) is 9.63. The first-order valence-electron chi connectivity index (χ1n) is 11.9. The largest absolute Gasteiger partial charge is 0.460 e. The van der Waals surface area contributed by atoms with E-state index in [1.54, 1.807) is 11.3 Å². The molecule has 2 aliphatic rings. The van der Waals surface area contributed by atoms with Gasteiger partial charge < -0.3 is 19.2 Å². The number of rotatable bonds is 5. The van der Waals surface area contributed by atoms with E-state index >= 15 is 0 Å². The molecule has 32 heavy (non-hydrogen) atoms. The van der Waals surface area contributed by atoms with E-state index in [0.717, 1.165) is 22.6 Å². The number of furan rings is 1. The second kappa shape index (κ2) is 8.47. The lowest BCUT2D eigenvalue weighted by Gasteiger charge is -2.47. The molecule has 3 aromatic rings. The van der Waals surface area contributed by atoms with Crippen LogP contribution in [0.2, 0.25) is 0 Å². The Labute approximate surface area is 194 Å². The molecule has 0 radical (unpaired) electrons. The van der Waals surface area contributed by atoms with Crippen LogP contribution in [0.25, 0.3) is 11.1 Å². The maximum atomic E-state index is 13.8. The van der Waals surface area contributed by atoms with Gasteiger partial charge in [-0.15, -0.1) is 11.3 Å². The Morgan fingerprint density at radius 2 is 2.00 bits per heavy atom. The average molecular weight is 452 g/mol. The summed E-state index contributed by atoms with van der Waals surface area (Å²) >= 11 is 1.69. The van der Waals surface area contributed by atoms with Gasteiger partial charge in [0, 0.05) is 28.7 Å². The van der Waals surface area contributed by atoms with E-state index in [0.29, 0.717) is 24.8 Å². The standard InChI is InChI=1S/C26H33N3O2S/c1-18-14-22-24(31-18)15-23-25(30)29(16-21-12-9-13-32-21)26(3,17-28(22)23)19(2)27-20-10-7-5-4-6-8-11-20/h9,12-15,20,27H,2,4-8,10-11,16-17H2,1,3H3. The minimum Gasteiger partial charge on any atom is -0.460 e. The molecule has 170 valence electrons. The van der Waals surface area contributed by atoms with Gasteiger partial charge in [0.15, 0.2) is 5.58 Å². The summed E-state index contributed by atoms with van der Waals surface area (Å²) in [5.41, 5.74) is 2.89. The van der Waals surface area contributed by atoms with Gasteiger partial charge in [-0.05, 0) is 38.1 Å². The van der Waals surface area contributed by atoms with Crippen molar-refractivity contribution in [3.05, 3.63) is 58.3 Å². The van der Waals surface area contributed by atoms with Crippen LogP contribution in [0.1, 0.15) is 73.0 Å². The van der Waals surface area contributed by atoms with Crippen molar-refractivity contribution in [3.8, 4) is 0 Å². The number of hydrogen-bond donors (Lipinski definition) is 1. The normalized spacial score (nSPS) is 22.6. The molecule has 1 atom stereocenters. The fourth-order valence-corrected chi connectivity index (χ4v) is 6.03. The first-order valence-corrected chi connectivity index (χ1v) is 12.7. The number of carbonyl (C=O) groups excluding carboxylic acids is 1. The van der Waals surface area contributed by atoms with Crippen LogP contribution in [0.3, 0.4) is 0 Å². The summed E-state index contributed by atoms with van der Waals surface area (Å²) in [5, 5.41) is 5.85. The van der Waals surface area contributed by atoms with Crippen molar-refractivity contribution < 1.29 is 9.21 Å². The molecular formula is C26H33N3O2S. The smallest absolute Gasteiger partial charge is 0.271 e. The van der Waals surface area contributed by atoms with E-state index in [4.69, 9.17) is 4.42 Å². The molecular weight excluding hydrogens is 418 g/mol. The summed E-state index contributed by atoms with van der Waals surface area (Å²) in [4.78, 5) is 17.0. The van der Waals surface area contributed by atoms with E-state index in [2.05, 4.69) is 34.8 Å². The van der Waals surface area contributed by atoms with Crippen LogP contribution in [0.4, 0.5) is 0 Å². The predicted octanol–water partition coefficient (Wildman–Crippen LogP) is 6.24. The molecule has 0 spiro atoms. The minimum atomic E-state index is -0.534. The Kier molecular flexibility index (Phi) is 5.66. The highest BCUT2D eigenvalue weighted by Gasteiger charge is 2.45. The van der Waals surface area contributed by atoms with Gasteiger partial charge in [-0.25, -0.2) is 0 Å². The number of hydrogen-bond acceptors (Lipinski definition) is 4. The minimum absolute atomic E-state index is 0.0387. The monoisotopic (exact) mass is 451 g/mol. The maximum Gasteiger partial charge on any atom is 0.271 e. The molecule has 0 saturated heterocycles. The summed E-state index contributed by atoms with van der Waals surface area (Å²) in [5.74, 6) is 0.906. The molecule has 1 fully saturated rings. The highest BCUT2D eigenvalue weighted by molar-refractivity contribution is 7.09. The lowest BCUT2D eigenvalue weighted by atomic mass is 9.90. The highest BCUT2D eigenvalue weighted by atomic mass is 32.1. The average Bonchev–Trinajstić information content (AvgIpc) is 3.44. The number of fused-ring (bicyclic) bond motifs is 3. The molecule has 3 aromatic heterocycles. The number of aryl methyl sites for hydroxylation is 1. The lowest BCUT2D eigenvalue weighted by Crippen LogP contribution is -2.59. The zero-order valence-corrected chi connectivity index (χ0v) is 20.0. The van der Waals surface area contributed by atoms with Gasteiger partial charge in [-0.1, -0.05) is 44.7 Å². The van der Waals surface area contributed by atoms with Gasteiger partial charge in [0.2, 0.25) is 0 Å². The number of thiophene rings is 1. The molecule has 0 aromatic carbocycles. The first kappa shape index (κ1) is 21.4. The van der Waals surface area contributed by atoms with E-state index < -0.39 is 5.54 Å². The molecule has 1 unspecified atom stereocenters. The first-order chi connectivity index (χ1) is 15.5. The van der Waals surface area contributed by atoms with Crippen LogP contribution in [0, 0.1) is 6.92 Å². The molecule has 1 aliphatic heterocycles. The van der Waals surface area contributed by atoms with Crippen molar-refractivity contribution >= 4 is 28.3 Å². The molecule has 4 heterocycles. The molecule has 5 rings (SSSR count). The van der Waals surface area contributed by atoms with Gasteiger partial charge in [0.05, 0.1) is 24.1 Å². The number of carbonyl (C=O) groups is 1. The Bertz CT molecular complexity index is 1120. The van der Waals surface area contributed by atoms with Crippen molar-refractivity contribution in [2.75, 3.05) is 0 Å². The number of nitrogens with zero attached hydrogens (tertiary/aromatic N) is 2. The molecule has 1 saturated carbocycles.